The third-order valence-corrected chi connectivity index (χ3v) is 2.65. The number of nitrogens with zero attached hydrogens (tertiary/aromatic N) is 1. The maximum Gasteiger partial charge on any atom is 0.323 e. The summed E-state index contributed by atoms with van der Waals surface area (Å²) in [5.74, 6) is -1.98. The summed E-state index contributed by atoms with van der Waals surface area (Å²) < 4.78 is 0. The summed E-state index contributed by atoms with van der Waals surface area (Å²) in [5, 5.41) is 11.3. The van der Waals surface area contributed by atoms with Gasteiger partial charge in [-0.25, -0.2) is 4.79 Å². The lowest BCUT2D eigenvalue weighted by Crippen LogP contribution is -2.46. The van der Waals surface area contributed by atoms with Crippen molar-refractivity contribution in [2.24, 2.45) is 5.73 Å². The third-order valence-electron chi connectivity index (χ3n) is 2.65. The summed E-state index contributed by atoms with van der Waals surface area (Å²) >= 11 is 0. The molecule has 0 atom stereocenters. The van der Waals surface area contributed by atoms with Crippen molar-refractivity contribution in [3.05, 3.63) is 35.4 Å². The molecular formula is C13H17N3O4. The molecule has 1 rings (SSSR count). The van der Waals surface area contributed by atoms with Crippen LogP contribution in [0.2, 0.25) is 0 Å². The van der Waals surface area contributed by atoms with Gasteiger partial charge in [-0.05, 0) is 18.1 Å². The van der Waals surface area contributed by atoms with Crippen LogP contribution in [0.5, 0.6) is 0 Å². The topological polar surface area (TPSA) is 113 Å². The number of carboxylic acid groups (broad SMARTS) is 1. The van der Waals surface area contributed by atoms with E-state index < -0.39 is 31.0 Å². The highest BCUT2D eigenvalue weighted by molar-refractivity contribution is 5.85. The minimum absolute atomic E-state index is 0.250. The molecule has 0 aromatic heterocycles. The number of carbonyl (C=O) groups excluding carboxylic acids is 2. The van der Waals surface area contributed by atoms with Crippen molar-refractivity contribution in [1.29, 1.82) is 0 Å². The van der Waals surface area contributed by atoms with Crippen LogP contribution in [0.1, 0.15) is 11.1 Å². The number of nitrogens with one attached hydrogen (secondary N) is 1. The van der Waals surface area contributed by atoms with E-state index >= 15 is 0 Å². The first-order valence-electron chi connectivity index (χ1n) is 5.97. The molecule has 0 bridgehead atoms. The Morgan fingerprint density at radius 1 is 1.25 bits per heavy atom. The highest BCUT2D eigenvalue weighted by Crippen LogP contribution is 2.06. The summed E-state index contributed by atoms with van der Waals surface area (Å²) in [6, 6.07) is 6.83. The first kappa shape index (κ1) is 15.5. The van der Waals surface area contributed by atoms with E-state index in [1.54, 1.807) is 0 Å². The Balaban J connectivity index is 2.64. The Hall–Kier alpha value is -2.57. The Bertz CT molecular complexity index is 500. The lowest BCUT2D eigenvalue weighted by Gasteiger charge is -2.19. The van der Waals surface area contributed by atoms with Gasteiger partial charge in [0.25, 0.3) is 0 Å². The van der Waals surface area contributed by atoms with Crippen LogP contribution in [0.4, 0.5) is 4.79 Å². The van der Waals surface area contributed by atoms with Crippen molar-refractivity contribution < 1.29 is 19.5 Å². The van der Waals surface area contributed by atoms with E-state index in [4.69, 9.17) is 10.8 Å². The zero-order chi connectivity index (χ0) is 15.1. The minimum Gasteiger partial charge on any atom is -0.480 e. The Morgan fingerprint density at radius 3 is 2.45 bits per heavy atom. The molecule has 0 saturated heterocycles. The van der Waals surface area contributed by atoms with Crippen LogP contribution < -0.4 is 11.1 Å². The van der Waals surface area contributed by atoms with Gasteiger partial charge in [-0.1, -0.05) is 24.3 Å². The van der Waals surface area contributed by atoms with Gasteiger partial charge in [0.05, 0.1) is 0 Å². The molecule has 108 valence electrons. The Labute approximate surface area is 116 Å². The van der Waals surface area contributed by atoms with Gasteiger partial charge in [0.2, 0.25) is 5.91 Å². The summed E-state index contributed by atoms with van der Waals surface area (Å²) in [6.45, 7) is 1.13. The van der Waals surface area contributed by atoms with E-state index in [2.05, 4.69) is 5.32 Å². The number of aryl methyl sites for hydroxylation is 1. The third kappa shape index (κ3) is 4.97. The summed E-state index contributed by atoms with van der Waals surface area (Å²) in [7, 11) is 0. The summed E-state index contributed by atoms with van der Waals surface area (Å²) in [6.07, 6.45) is 0. The number of hydrogen-bond acceptors (Lipinski definition) is 3. The second-order valence-corrected chi connectivity index (χ2v) is 4.30. The fourth-order valence-corrected chi connectivity index (χ4v) is 1.64. The molecule has 0 aliphatic rings. The average molecular weight is 279 g/mol. The number of urea groups is 1. The molecule has 20 heavy (non-hydrogen) atoms. The zero-order valence-electron chi connectivity index (χ0n) is 11.1. The predicted molar refractivity (Wildman–Crippen MR) is 71.8 cm³/mol. The minimum atomic E-state index is -1.21. The molecule has 7 nitrogen and oxygen atoms in total. The van der Waals surface area contributed by atoms with E-state index in [9.17, 15) is 14.4 Å². The maximum absolute atomic E-state index is 11.8. The standard InChI is InChI=1S/C13H17N3O4/c1-9-4-2-3-5-10(9)6-15-13(20)16(7-11(14)17)8-12(18)19/h2-5H,6-8H2,1H3,(H2,14,17)(H,15,20)(H,18,19). The molecule has 0 aliphatic carbocycles. The molecule has 1 aromatic rings. The second kappa shape index (κ2) is 7.13. The molecule has 0 aliphatic heterocycles. The number of aliphatic carboxylic acids is 1. The molecule has 0 radical (unpaired) electrons. The number of amides is 3. The molecule has 7 heteroatoms. The van der Waals surface area contributed by atoms with Crippen LogP contribution in [0, 0.1) is 6.92 Å². The van der Waals surface area contributed by atoms with E-state index in [1.165, 1.54) is 0 Å². The maximum atomic E-state index is 11.8. The molecule has 0 spiro atoms. The first-order chi connectivity index (χ1) is 9.40. The monoisotopic (exact) mass is 279 g/mol. The van der Waals surface area contributed by atoms with Gasteiger partial charge in [0.1, 0.15) is 13.1 Å². The van der Waals surface area contributed by atoms with Gasteiger partial charge in [-0.15, -0.1) is 0 Å². The fraction of sp³-hybridized carbons (Fsp3) is 0.308. The van der Waals surface area contributed by atoms with Crippen LogP contribution in [-0.2, 0) is 16.1 Å². The number of hydrogen-bond donors (Lipinski definition) is 3. The van der Waals surface area contributed by atoms with Crippen LogP contribution in [0.15, 0.2) is 24.3 Å². The van der Waals surface area contributed by atoms with Crippen LogP contribution in [-0.4, -0.2) is 41.0 Å². The molecule has 3 amide bonds. The number of carbonyl (C=O) groups is 3. The number of rotatable bonds is 6. The highest BCUT2D eigenvalue weighted by Gasteiger charge is 2.18. The highest BCUT2D eigenvalue weighted by atomic mass is 16.4. The lowest BCUT2D eigenvalue weighted by atomic mass is 10.1. The smallest absolute Gasteiger partial charge is 0.323 e. The van der Waals surface area contributed by atoms with Crippen molar-refractivity contribution >= 4 is 17.9 Å². The predicted octanol–water partition coefficient (Wildman–Crippen LogP) is 0.0765. The van der Waals surface area contributed by atoms with Crippen molar-refractivity contribution in [3.63, 3.8) is 0 Å². The fourth-order valence-electron chi connectivity index (χ4n) is 1.64. The van der Waals surface area contributed by atoms with Crippen molar-refractivity contribution in [2.75, 3.05) is 13.1 Å². The zero-order valence-corrected chi connectivity index (χ0v) is 11.1. The molecular weight excluding hydrogens is 262 g/mol. The molecule has 0 fully saturated rings. The average Bonchev–Trinajstić information content (AvgIpc) is 2.35. The van der Waals surface area contributed by atoms with E-state index in [-0.39, 0.29) is 6.54 Å². The van der Waals surface area contributed by atoms with Gasteiger partial charge in [0.15, 0.2) is 0 Å². The van der Waals surface area contributed by atoms with Crippen molar-refractivity contribution in [3.8, 4) is 0 Å². The summed E-state index contributed by atoms with van der Waals surface area (Å²) in [5.41, 5.74) is 6.90. The van der Waals surface area contributed by atoms with Crippen LogP contribution in [0.3, 0.4) is 0 Å². The van der Waals surface area contributed by atoms with Gasteiger partial charge < -0.3 is 21.1 Å². The summed E-state index contributed by atoms with van der Waals surface area (Å²) in [4.78, 5) is 34.2. The molecule has 0 heterocycles. The normalized spacial score (nSPS) is 9.85. The molecule has 0 saturated carbocycles. The van der Waals surface area contributed by atoms with Gasteiger partial charge >= 0.3 is 12.0 Å². The lowest BCUT2D eigenvalue weighted by molar-refractivity contribution is -0.137. The number of nitrogens with two attached hydrogens (primary N) is 1. The van der Waals surface area contributed by atoms with Crippen molar-refractivity contribution in [2.45, 2.75) is 13.5 Å². The quantitative estimate of drug-likeness (QED) is 0.684. The molecule has 0 unspecified atom stereocenters. The largest absolute Gasteiger partial charge is 0.480 e. The first-order valence-corrected chi connectivity index (χ1v) is 5.97. The Kier molecular flexibility index (Phi) is 5.52. The number of benzene rings is 1. The van der Waals surface area contributed by atoms with E-state index in [1.807, 2.05) is 31.2 Å². The van der Waals surface area contributed by atoms with Gasteiger partial charge in [-0.2, -0.15) is 0 Å². The number of carboxylic acids is 1. The van der Waals surface area contributed by atoms with Gasteiger partial charge in [-0.3, -0.25) is 9.59 Å². The van der Waals surface area contributed by atoms with Gasteiger partial charge in [0, 0.05) is 6.54 Å². The van der Waals surface area contributed by atoms with E-state index in [0.29, 0.717) is 0 Å². The van der Waals surface area contributed by atoms with E-state index in [0.717, 1.165) is 16.0 Å². The van der Waals surface area contributed by atoms with Crippen molar-refractivity contribution in [1.82, 2.24) is 10.2 Å². The molecule has 4 N–H and O–H groups in total. The molecule has 1 aromatic carbocycles. The number of primary amides is 1. The Morgan fingerprint density at radius 2 is 1.90 bits per heavy atom. The van der Waals surface area contributed by atoms with Crippen LogP contribution >= 0.6 is 0 Å². The van der Waals surface area contributed by atoms with Crippen LogP contribution in [0.25, 0.3) is 0 Å². The SMILES string of the molecule is Cc1ccccc1CNC(=O)N(CC(N)=O)CC(=O)O. The second-order valence-electron chi connectivity index (χ2n) is 4.30.